The lowest BCUT2D eigenvalue weighted by molar-refractivity contribution is 0.730. The molecule has 4 N–H and O–H groups in total. The van der Waals surface area contributed by atoms with Crippen LogP contribution in [0.4, 0.5) is 5.69 Å². The molecule has 0 aliphatic carbocycles. The topological polar surface area (TPSA) is 95.2 Å². The molecule has 0 radical (unpaired) electrons. The molecule has 7 nitrogen and oxygen atoms in total. The Bertz CT molecular complexity index is 864. The molecule has 0 aliphatic heterocycles. The number of hydrogen-bond acceptors (Lipinski definition) is 4. The van der Waals surface area contributed by atoms with Gasteiger partial charge in [0.2, 0.25) is 0 Å². The molecule has 0 aliphatic rings. The summed E-state index contributed by atoms with van der Waals surface area (Å²) in [5.41, 5.74) is 9.39. The molecule has 3 aromatic rings. The minimum absolute atomic E-state index is 0.477. The van der Waals surface area contributed by atoms with Crippen molar-refractivity contribution in [2.75, 3.05) is 24.5 Å². The third kappa shape index (κ3) is 7.23. The van der Waals surface area contributed by atoms with E-state index in [1.54, 1.807) is 12.5 Å². The highest BCUT2D eigenvalue weighted by Gasteiger charge is 2.07. The first-order valence-corrected chi connectivity index (χ1v) is 10.4. The van der Waals surface area contributed by atoms with Crippen molar-refractivity contribution in [1.29, 1.82) is 0 Å². The fourth-order valence-electron chi connectivity index (χ4n) is 2.91. The zero-order valence-electron chi connectivity index (χ0n) is 16.3. The van der Waals surface area contributed by atoms with E-state index >= 15 is 0 Å². The second-order valence-electron chi connectivity index (χ2n) is 6.63. The molecule has 3 rings (SSSR count). The van der Waals surface area contributed by atoms with Gasteiger partial charge in [0.15, 0.2) is 5.96 Å². The van der Waals surface area contributed by atoms with Crippen LogP contribution < -0.4 is 16.0 Å². The Hall–Kier alpha value is -2.87. The number of nitrogens with zero attached hydrogens (tertiary/aromatic N) is 4. The predicted octanol–water partition coefficient (Wildman–Crippen LogP) is 3.11. The molecule has 8 heteroatoms. The van der Waals surface area contributed by atoms with E-state index in [4.69, 9.17) is 5.73 Å². The second-order valence-corrected chi connectivity index (χ2v) is 7.55. The van der Waals surface area contributed by atoms with Crippen molar-refractivity contribution in [3.63, 3.8) is 0 Å². The number of rotatable bonds is 10. The lowest BCUT2D eigenvalue weighted by Crippen LogP contribution is -2.33. The van der Waals surface area contributed by atoms with Crippen LogP contribution in [0.25, 0.3) is 0 Å². The van der Waals surface area contributed by atoms with Gasteiger partial charge in [0.25, 0.3) is 0 Å². The number of benzene rings is 1. The number of H-pyrrole nitrogens is 1. The number of aromatic nitrogens is 3. The third-order valence-corrected chi connectivity index (χ3v) is 4.95. The molecule has 2 heterocycles. The molecule has 29 heavy (non-hydrogen) atoms. The number of imidazole rings is 1. The SMILES string of the molecule is NC(=NCCCN(Cc1ccc(Br)cc1)c1cccnc1)NCCc1cnc[nH]1. The van der Waals surface area contributed by atoms with Gasteiger partial charge in [0.05, 0.1) is 18.2 Å². The molecule has 152 valence electrons. The quantitative estimate of drug-likeness (QED) is 0.248. The molecule has 0 bridgehead atoms. The van der Waals surface area contributed by atoms with Gasteiger partial charge in [-0.25, -0.2) is 4.98 Å². The van der Waals surface area contributed by atoms with Crippen LogP contribution in [-0.2, 0) is 13.0 Å². The van der Waals surface area contributed by atoms with Crippen LogP contribution in [0.2, 0.25) is 0 Å². The fourth-order valence-corrected chi connectivity index (χ4v) is 3.18. The van der Waals surface area contributed by atoms with E-state index in [1.807, 2.05) is 18.5 Å². The van der Waals surface area contributed by atoms with Gasteiger partial charge in [-0.05, 0) is 36.2 Å². The van der Waals surface area contributed by atoms with Crippen LogP contribution in [0.15, 0.2) is 70.8 Å². The monoisotopic (exact) mass is 455 g/mol. The van der Waals surface area contributed by atoms with E-state index in [2.05, 4.69) is 76.4 Å². The largest absolute Gasteiger partial charge is 0.370 e. The molecule has 1 aromatic carbocycles. The highest BCUT2D eigenvalue weighted by atomic mass is 79.9. The lowest BCUT2D eigenvalue weighted by Gasteiger charge is -2.24. The Morgan fingerprint density at radius 2 is 2.03 bits per heavy atom. The minimum Gasteiger partial charge on any atom is -0.370 e. The lowest BCUT2D eigenvalue weighted by atomic mass is 10.2. The number of hydrogen-bond donors (Lipinski definition) is 3. The van der Waals surface area contributed by atoms with E-state index in [9.17, 15) is 0 Å². The van der Waals surface area contributed by atoms with Gasteiger partial charge in [0.1, 0.15) is 0 Å². The van der Waals surface area contributed by atoms with Crippen molar-refractivity contribution in [1.82, 2.24) is 20.3 Å². The maximum absolute atomic E-state index is 5.96. The van der Waals surface area contributed by atoms with E-state index in [0.717, 1.165) is 48.3 Å². The van der Waals surface area contributed by atoms with Crippen LogP contribution in [-0.4, -0.2) is 40.5 Å². The Balaban J connectivity index is 1.48. The summed E-state index contributed by atoms with van der Waals surface area (Å²) < 4.78 is 1.08. The molecule has 2 aromatic heterocycles. The summed E-state index contributed by atoms with van der Waals surface area (Å²) in [6.45, 7) is 3.08. The van der Waals surface area contributed by atoms with Crippen molar-refractivity contribution in [3.8, 4) is 0 Å². The van der Waals surface area contributed by atoms with E-state index < -0.39 is 0 Å². The van der Waals surface area contributed by atoms with Crippen LogP contribution in [0.1, 0.15) is 17.7 Å². The van der Waals surface area contributed by atoms with Crippen LogP contribution in [0.5, 0.6) is 0 Å². The number of pyridine rings is 1. The van der Waals surface area contributed by atoms with Crippen molar-refractivity contribution in [2.24, 2.45) is 10.7 Å². The van der Waals surface area contributed by atoms with Gasteiger partial charge >= 0.3 is 0 Å². The number of nitrogens with two attached hydrogens (primary N) is 1. The summed E-state index contributed by atoms with van der Waals surface area (Å²) in [5, 5.41) is 3.14. The minimum atomic E-state index is 0.477. The Labute approximate surface area is 179 Å². The van der Waals surface area contributed by atoms with Crippen LogP contribution in [0.3, 0.4) is 0 Å². The molecule has 0 atom stereocenters. The molecule has 0 saturated carbocycles. The van der Waals surface area contributed by atoms with Crippen molar-refractivity contribution in [3.05, 3.63) is 77.0 Å². The van der Waals surface area contributed by atoms with Crippen molar-refractivity contribution < 1.29 is 0 Å². The maximum atomic E-state index is 5.96. The van der Waals surface area contributed by atoms with Crippen LogP contribution in [0, 0.1) is 0 Å². The normalized spacial score (nSPS) is 11.4. The number of halogens is 1. The van der Waals surface area contributed by atoms with Gasteiger partial charge in [-0.2, -0.15) is 0 Å². The summed E-state index contributed by atoms with van der Waals surface area (Å²) in [7, 11) is 0. The number of anilines is 1. The van der Waals surface area contributed by atoms with E-state index in [-0.39, 0.29) is 0 Å². The highest BCUT2D eigenvalue weighted by Crippen LogP contribution is 2.18. The van der Waals surface area contributed by atoms with Gasteiger partial charge in [-0.1, -0.05) is 28.1 Å². The smallest absolute Gasteiger partial charge is 0.188 e. The third-order valence-electron chi connectivity index (χ3n) is 4.42. The molecule has 0 saturated heterocycles. The van der Waals surface area contributed by atoms with Gasteiger partial charge in [-0.15, -0.1) is 0 Å². The van der Waals surface area contributed by atoms with Crippen molar-refractivity contribution >= 4 is 27.6 Å². The molecule has 0 unspecified atom stereocenters. The summed E-state index contributed by atoms with van der Waals surface area (Å²) in [4.78, 5) is 18.1. The van der Waals surface area contributed by atoms with E-state index in [1.165, 1.54) is 5.56 Å². The molecule has 0 fully saturated rings. The zero-order chi connectivity index (χ0) is 20.3. The molecule has 0 spiro atoms. The summed E-state index contributed by atoms with van der Waals surface area (Å²) in [5.74, 6) is 0.477. The van der Waals surface area contributed by atoms with Gasteiger partial charge in [-0.3, -0.25) is 9.98 Å². The Morgan fingerprint density at radius 3 is 2.76 bits per heavy atom. The number of guanidine groups is 1. The zero-order valence-corrected chi connectivity index (χ0v) is 17.8. The first kappa shape index (κ1) is 20.9. The standard InChI is InChI=1S/C21H26BrN7/c22-18-6-4-17(5-7-18)15-29(20-3-1-9-24-14-20)12-2-10-26-21(23)27-11-8-19-13-25-16-28-19/h1,3-7,9,13-14,16H,2,8,10-12,15H2,(H,25,28)(H3,23,26,27). The molecular weight excluding hydrogens is 430 g/mol. The van der Waals surface area contributed by atoms with Gasteiger partial charge in [0, 0.05) is 55.2 Å². The average molecular weight is 456 g/mol. The van der Waals surface area contributed by atoms with Crippen LogP contribution >= 0.6 is 15.9 Å². The second kappa shape index (κ2) is 11.2. The van der Waals surface area contributed by atoms with Gasteiger partial charge < -0.3 is 20.9 Å². The Kier molecular flexibility index (Phi) is 8.06. The maximum Gasteiger partial charge on any atom is 0.188 e. The summed E-state index contributed by atoms with van der Waals surface area (Å²) >= 11 is 3.49. The number of aromatic amines is 1. The number of nitrogens with one attached hydrogen (secondary N) is 2. The summed E-state index contributed by atoms with van der Waals surface area (Å²) in [6.07, 6.45) is 8.91. The van der Waals surface area contributed by atoms with Crippen molar-refractivity contribution in [2.45, 2.75) is 19.4 Å². The predicted molar refractivity (Wildman–Crippen MR) is 121 cm³/mol. The molecule has 0 amide bonds. The fraction of sp³-hybridized carbons (Fsp3) is 0.286. The average Bonchev–Trinajstić information content (AvgIpc) is 3.26. The molecular formula is C21H26BrN7. The number of aliphatic imine (C=N–C) groups is 1. The Morgan fingerprint density at radius 1 is 1.17 bits per heavy atom. The first-order chi connectivity index (χ1) is 14.2. The summed E-state index contributed by atoms with van der Waals surface area (Å²) in [6, 6.07) is 12.4. The van der Waals surface area contributed by atoms with E-state index in [0.29, 0.717) is 12.5 Å². The highest BCUT2D eigenvalue weighted by molar-refractivity contribution is 9.10. The first-order valence-electron chi connectivity index (χ1n) is 9.61.